The van der Waals surface area contributed by atoms with Gasteiger partial charge in [-0.05, 0) is 57.1 Å². The second-order valence-corrected chi connectivity index (χ2v) is 7.52. The summed E-state index contributed by atoms with van der Waals surface area (Å²) in [6.45, 7) is 4.86. The van der Waals surface area contributed by atoms with Crippen molar-refractivity contribution in [3.63, 3.8) is 0 Å². The van der Waals surface area contributed by atoms with E-state index in [1.807, 2.05) is 25.3 Å². The van der Waals surface area contributed by atoms with Crippen molar-refractivity contribution in [1.82, 2.24) is 15.3 Å². The Hall–Kier alpha value is -1.92. The second kappa shape index (κ2) is 7.76. The van der Waals surface area contributed by atoms with Crippen molar-refractivity contribution in [3.8, 4) is 0 Å². The third-order valence-corrected chi connectivity index (χ3v) is 5.64. The number of fused-ring (bicyclic) bond motifs is 1. The van der Waals surface area contributed by atoms with Crippen molar-refractivity contribution in [2.75, 3.05) is 24.6 Å². The fraction of sp³-hybridized carbons (Fsp3) is 0.600. The topological polar surface area (TPSA) is 74.4 Å². The molecule has 3 heterocycles. The van der Waals surface area contributed by atoms with Crippen LogP contribution in [-0.2, 0) is 13.0 Å². The molecule has 6 nitrogen and oxygen atoms in total. The van der Waals surface area contributed by atoms with Crippen molar-refractivity contribution in [2.24, 2.45) is 5.92 Å². The number of hydrogen-bond acceptors (Lipinski definition) is 6. The van der Waals surface area contributed by atoms with Crippen LogP contribution in [0.1, 0.15) is 54.5 Å². The van der Waals surface area contributed by atoms with Crippen molar-refractivity contribution < 1.29 is 9.52 Å². The summed E-state index contributed by atoms with van der Waals surface area (Å²) in [7, 11) is 0. The van der Waals surface area contributed by atoms with Crippen molar-refractivity contribution in [1.29, 1.82) is 0 Å². The predicted octanol–water partition coefficient (Wildman–Crippen LogP) is 2.75. The van der Waals surface area contributed by atoms with Crippen LogP contribution < -0.4 is 10.2 Å². The van der Waals surface area contributed by atoms with Gasteiger partial charge < -0.3 is 19.7 Å². The molecule has 4 rings (SSSR count). The number of furan rings is 1. The average Bonchev–Trinajstić information content (AvgIpc) is 3.11. The van der Waals surface area contributed by atoms with Gasteiger partial charge in [0.25, 0.3) is 0 Å². The lowest BCUT2D eigenvalue weighted by Crippen LogP contribution is -2.36. The summed E-state index contributed by atoms with van der Waals surface area (Å²) >= 11 is 0. The number of aromatic nitrogens is 2. The summed E-state index contributed by atoms with van der Waals surface area (Å²) in [5, 5.41) is 12.9. The molecule has 1 aliphatic heterocycles. The zero-order valence-electron chi connectivity index (χ0n) is 15.4. The van der Waals surface area contributed by atoms with E-state index in [9.17, 15) is 5.11 Å². The minimum absolute atomic E-state index is 0.290. The Morgan fingerprint density at radius 1 is 1.27 bits per heavy atom. The van der Waals surface area contributed by atoms with E-state index < -0.39 is 0 Å². The first-order chi connectivity index (χ1) is 12.7. The summed E-state index contributed by atoms with van der Waals surface area (Å²) in [6, 6.07) is 4.32. The number of anilines is 1. The van der Waals surface area contributed by atoms with Crippen LogP contribution in [0.3, 0.4) is 0 Å². The molecule has 1 fully saturated rings. The number of aryl methyl sites for hydroxylation is 2. The van der Waals surface area contributed by atoms with Crippen LogP contribution >= 0.6 is 0 Å². The van der Waals surface area contributed by atoms with Gasteiger partial charge in [0, 0.05) is 37.5 Å². The van der Waals surface area contributed by atoms with Crippen LogP contribution in [0.4, 0.5) is 5.95 Å². The Labute approximate surface area is 154 Å². The van der Waals surface area contributed by atoms with E-state index in [1.165, 1.54) is 11.3 Å². The molecule has 140 valence electrons. The largest absolute Gasteiger partial charge is 0.465 e. The van der Waals surface area contributed by atoms with Crippen LogP contribution in [0, 0.1) is 12.8 Å². The average molecular weight is 356 g/mol. The molecule has 6 heteroatoms. The highest BCUT2D eigenvalue weighted by atomic mass is 16.3. The van der Waals surface area contributed by atoms with Crippen LogP contribution in [0.2, 0.25) is 0 Å². The third-order valence-electron chi connectivity index (χ3n) is 5.64. The van der Waals surface area contributed by atoms with Crippen LogP contribution in [-0.4, -0.2) is 34.8 Å². The number of aliphatic hydroxyl groups excluding tert-OH is 1. The molecule has 0 unspecified atom stereocenters. The Morgan fingerprint density at radius 3 is 2.85 bits per heavy atom. The molecule has 2 aromatic rings. The number of aliphatic hydroxyl groups is 1. The summed E-state index contributed by atoms with van der Waals surface area (Å²) in [5.74, 6) is 3.20. The molecule has 0 bridgehead atoms. The normalized spacial score (nSPS) is 21.0. The number of rotatable bonds is 5. The molecule has 2 aromatic heterocycles. The lowest BCUT2D eigenvalue weighted by Gasteiger charge is -2.32. The van der Waals surface area contributed by atoms with Crippen molar-refractivity contribution in [3.05, 3.63) is 41.1 Å². The molecule has 26 heavy (non-hydrogen) atoms. The number of piperidine rings is 1. The zero-order chi connectivity index (χ0) is 17.9. The molecule has 0 amide bonds. The van der Waals surface area contributed by atoms with E-state index in [0.717, 1.165) is 69.2 Å². The predicted molar refractivity (Wildman–Crippen MR) is 100 cm³/mol. The fourth-order valence-corrected chi connectivity index (χ4v) is 4.02. The smallest absolute Gasteiger partial charge is 0.225 e. The minimum Gasteiger partial charge on any atom is -0.465 e. The molecule has 1 aliphatic carbocycles. The molecular formula is C20H28N4O2. The Balaban J connectivity index is 1.43. The van der Waals surface area contributed by atoms with Gasteiger partial charge in [0.15, 0.2) is 0 Å². The van der Waals surface area contributed by atoms with E-state index in [2.05, 4.69) is 15.2 Å². The highest BCUT2D eigenvalue weighted by molar-refractivity contribution is 5.36. The first-order valence-electron chi connectivity index (χ1n) is 9.73. The molecule has 1 atom stereocenters. The summed E-state index contributed by atoms with van der Waals surface area (Å²) in [6.07, 6.45) is 7.32. The first-order valence-corrected chi connectivity index (χ1v) is 9.73. The van der Waals surface area contributed by atoms with Crippen molar-refractivity contribution >= 4 is 5.95 Å². The summed E-state index contributed by atoms with van der Waals surface area (Å²) in [5.41, 5.74) is 2.41. The van der Waals surface area contributed by atoms with E-state index in [4.69, 9.17) is 9.40 Å². The van der Waals surface area contributed by atoms with Gasteiger partial charge in [-0.25, -0.2) is 9.97 Å². The lowest BCUT2D eigenvalue weighted by molar-refractivity contribution is 0.202. The SMILES string of the molecule is Cc1ccc(CN[C@@H]2CCCc3nc(N4CCC(CO)CC4)ncc32)o1. The lowest BCUT2D eigenvalue weighted by atomic mass is 9.92. The van der Waals surface area contributed by atoms with Gasteiger partial charge in [-0.3, -0.25) is 0 Å². The molecule has 0 saturated carbocycles. The van der Waals surface area contributed by atoms with E-state index in [0.29, 0.717) is 18.6 Å². The molecule has 0 spiro atoms. The van der Waals surface area contributed by atoms with Gasteiger partial charge in [-0.2, -0.15) is 0 Å². The number of hydrogen-bond donors (Lipinski definition) is 2. The van der Waals surface area contributed by atoms with Gasteiger partial charge in [0.05, 0.1) is 12.2 Å². The maximum atomic E-state index is 9.31. The summed E-state index contributed by atoms with van der Waals surface area (Å²) < 4.78 is 5.66. The summed E-state index contributed by atoms with van der Waals surface area (Å²) in [4.78, 5) is 11.8. The molecule has 1 saturated heterocycles. The van der Waals surface area contributed by atoms with Gasteiger partial charge in [-0.1, -0.05) is 0 Å². The first kappa shape index (κ1) is 17.5. The van der Waals surface area contributed by atoms with Gasteiger partial charge in [-0.15, -0.1) is 0 Å². The molecular weight excluding hydrogens is 328 g/mol. The van der Waals surface area contributed by atoms with Crippen LogP contribution in [0.25, 0.3) is 0 Å². The Morgan fingerprint density at radius 2 is 2.12 bits per heavy atom. The van der Waals surface area contributed by atoms with Crippen LogP contribution in [0.15, 0.2) is 22.7 Å². The molecule has 0 aromatic carbocycles. The quantitative estimate of drug-likeness (QED) is 0.858. The monoisotopic (exact) mass is 356 g/mol. The zero-order valence-corrected chi connectivity index (χ0v) is 15.4. The Kier molecular flexibility index (Phi) is 5.22. The number of nitrogens with one attached hydrogen (secondary N) is 1. The fourth-order valence-electron chi connectivity index (χ4n) is 4.02. The highest BCUT2D eigenvalue weighted by Gasteiger charge is 2.25. The second-order valence-electron chi connectivity index (χ2n) is 7.52. The molecule has 2 N–H and O–H groups in total. The maximum Gasteiger partial charge on any atom is 0.225 e. The third kappa shape index (κ3) is 3.76. The van der Waals surface area contributed by atoms with Crippen LogP contribution in [0.5, 0.6) is 0 Å². The van der Waals surface area contributed by atoms with E-state index in [-0.39, 0.29) is 0 Å². The van der Waals surface area contributed by atoms with E-state index in [1.54, 1.807) is 0 Å². The molecule has 2 aliphatic rings. The molecule has 0 radical (unpaired) electrons. The minimum atomic E-state index is 0.290. The van der Waals surface area contributed by atoms with Crippen molar-refractivity contribution in [2.45, 2.75) is 51.6 Å². The van der Waals surface area contributed by atoms with Gasteiger partial charge in [0.1, 0.15) is 11.5 Å². The van der Waals surface area contributed by atoms with Gasteiger partial charge in [0.2, 0.25) is 5.95 Å². The van der Waals surface area contributed by atoms with E-state index >= 15 is 0 Å². The maximum absolute atomic E-state index is 9.31. The Bertz CT molecular complexity index is 737. The highest BCUT2D eigenvalue weighted by Crippen LogP contribution is 2.30. The van der Waals surface area contributed by atoms with Gasteiger partial charge >= 0.3 is 0 Å². The number of nitrogens with zero attached hydrogens (tertiary/aromatic N) is 3. The standard InChI is InChI=1S/C20H28N4O2/c1-14-5-6-16(26-14)11-21-18-3-2-4-19-17(18)12-22-20(23-19)24-9-7-15(13-25)8-10-24/h5-6,12,15,18,21,25H,2-4,7-11,13H2,1H3/t18-/m1/s1.